The number of aromatic nitrogens is 2. The van der Waals surface area contributed by atoms with Gasteiger partial charge < -0.3 is 15.4 Å². The van der Waals surface area contributed by atoms with Gasteiger partial charge in [-0.1, -0.05) is 12.1 Å². The molecule has 4 bridgehead atoms. The second-order valence-corrected chi connectivity index (χ2v) is 8.69. The second kappa shape index (κ2) is 5.56. The van der Waals surface area contributed by atoms with Crippen LogP contribution < -0.4 is 5.32 Å². The topological polar surface area (TPSA) is 73.0 Å². The lowest BCUT2D eigenvalue weighted by atomic mass is 9.48. The molecule has 0 saturated heterocycles. The van der Waals surface area contributed by atoms with Crippen molar-refractivity contribution in [2.45, 2.75) is 43.9 Å². The van der Waals surface area contributed by atoms with Gasteiger partial charge in [0.25, 0.3) is 0 Å². The average molecular weight is 352 g/mol. The lowest BCUT2D eigenvalue weighted by Crippen LogP contribution is -2.48. The van der Waals surface area contributed by atoms with Crippen LogP contribution in [-0.4, -0.2) is 14.5 Å². The number of aryl methyl sites for hydroxylation is 1. The Morgan fingerprint density at radius 1 is 1.12 bits per heavy atom. The Hall–Kier alpha value is -2.37. The molecule has 4 aliphatic rings. The Labute approximate surface area is 152 Å². The zero-order valence-corrected chi connectivity index (χ0v) is 15.0. The van der Waals surface area contributed by atoms with Gasteiger partial charge in [-0.25, -0.2) is 0 Å². The van der Waals surface area contributed by atoms with Crippen molar-refractivity contribution in [3.63, 3.8) is 0 Å². The zero-order chi connectivity index (χ0) is 17.9. The number of nitrogens with one attached hydrogen (secondary N) is 1. The molecular formula is C20H24N4O2. The Bertz CT molecular complexity index is 820. The fourth-order valence-corrected chi connectivity index (χ4v) is 6.20. The minimum Gasteiger partial charge on any atom is -0.358 e. The van der Waals surface area contributed by atoms with Gasteiger partial charge in [-0.2, -0.15) is 0 Å². The molecule has 6 rings (SSSR count). The molecule has 0 spiro atoms. The molecule has 2 aromatic rings. The summed E-state index contributed by atoms with van der Waals surface area (Å²) in [6.07, 6.45) is 9.84. The van der Waals surface area contributed by atoms with Crippen molar-refractivity contribution in [3.8, 4) is 0 Å². The maximum Gasteiger partial charge on any atom is 0.406 e. The predicted octanol–water partition coefficient (Wildman–Crippen LogP) is 4.54. The first-order valence-corrected chi connectivity index (χ1v) is 9.56. The normalized spacial score (nSPS) is 32.0. The maximum absolute atomic E-state index is 11.1. The van der Waals surface area contributed by atoms with E-state index in [0.29, 0.717) is 11.2 Å². The monoisotopic (exact) mass is 352 g/mol. The number of hydrogen-bond donors (Lipinski definition) is 1. The third-order valence-electron chi connectivity index (χ3n) is 6.89. The third-order valence-corrected chi connectivity index (χ3v) is 6.89. The summed E-state index contributed by atoms with van der Waals surface area (Å²) in [6.45, 7) is 0. The van der Waals surface area contributed by atoms with E-state index in [4.69, 9.17) is 0 Å². The summed E-state index contributed by atoms with van der Waals surface area (Å²) in [5, 5.41) is 14.3. The number of imidazole rings is 1. The molecular weight excluding hydrogens is 328 g/mol. The number of hydrogen-bond acceptors (Lipinski definition) is 4. The molecule has 4 fully saturated rings. The van der Waals surface area contributed by atoms with Crippen LogP contribution in [0.4, 0.5) is 17.3 Å². The van der Waals surface area contributed by atoms with Crippen LogP contribution in [-0.2, 0) is 12.5 Å². The number of nitro groups is 1. The highest BCUT2D eigenvalue weighted by atomic mass is 16.6. The van der Waals surface area contributed by atoms with Gasteiger partial charge in [0.2, 0.25) is 12.1 Å². The number of nitrogens with zero attached hydrogens (tertiary/aromatic N) is 3. The molecule has 1 heterocycles. The SMILES string of the molecule is Cn1cnc([N+](=O)[O-])c1Nc1ccc(C23CC4CC(CC(C4)C2)C3)cc1. The van der Waals surface area contributed by atoms with Crippen molar-refractivity contribution in [1.82, 2.24) is 9.55 Å². The molecule has 0 radical (unpaired) electrons. The van der Waals surface area contributed by atoms with Crippen LogP contribution in [0.3, 0.4) is 0 Å². The molecule has 1 aromatic heterocycles. The van der Waals surface area contributed by atoms with Gasteiger partial charge in [0.15, 0.2) is 0 Å². The standard InChI is InChI=1S/C20H24N4O2/c1-23-12-21-18(24(25)26)19(23)22-17-4-2-16(3-5-17)20-9-13-6-14(10-20)8-15(7-13)11-20/h2-5,12-15,22H,6-11H2,1H3. The first kappa shape index (κ1) is 15.9. The molecule has 0 unspecified atom stereocenters. The van der Waals surface area contributed by atoms with Crippen molar-refractivity contribution in [1.29, 1.82) is 0 Å². The largest absolute Gasteiger partial charge is 0.406 e. The second-order valence-electron chi connectivity index (χ2n) is 8.69. The summed E-state index contributed by atoms with van der Waals surface area (Å²) in [4.78, 5) is 14.5. The molecule has 0 amide bonds. The summed E-state index contributed by atoms with van der Waals surface area (Å²) in [5.74, 6) is 3.05. The van der Waals surface area contributed by atoms with Gasteiger partial charge in [-0.3, -0.25) is 4.57 Å². The lowest BCUT2D eigenvalue weighted by Gasteiger charge is -2.57. The molecule has 136 valence electrons. The Morgan fingerprint density at radius 3 is 2.23 bits per heavy atom. The Kier molecular flexibility index (Phi) is 3.39. The van der Waals surface area contributed by atoms with E-state index in [2.05, 4.69) is 34.6 Å². The number of rotatable bonds is 4. The molecule has 6 nitrogen and oxygen atoms in total. The summed E-state index contributed by atoms with van der Waals surface area (Å²) in [7, 11) is 1.76. The highest BCUT2D eigenvalue weighted by Crippen LogP contribution is 2.60. The van der Waals surface area contributed by atoms with Gasteiger partial charge in [0.1, 0.15) is 0 Å². The summed E-state index contributed by atoms with van der Waals surface area (Å²) in [5.41, 5.74) is 2.71. The minimum atomic E-state index is -0.452. The maximum atomic E-state index is 11.1. The van der Waals surface area contributed by atoms with Gasteiger partial charge in [0, 0.05) is 12.7 Å². The highest BCUT2D eigenvalue weighted by molar-refractivity contribution is 5.64. The average Bonchev–Trinajstić information content (AvgIpc) is 2.95. The van der Waals surface area contributed by atoms with Crippen LogP contribution in [0.5, 0.6) is 0 Å². The van der Waals surface area contributed by atoms with Crippen LogP contribution in [0.25, 0.3) is 0 Å². The van der Waals surface area contributed by atoms with Crippen LogP contribution in [0.1, 0.15) is 44.1 Å². The number of anilines is 2. The Morgan fingerprint density at radius 2 is 1.69 bits per heavy atom. The molecule has 26 heavy (non-hydrogen) atoms. The van der Waals surface area contributed by atoms with Crippen molar-refractivity contribution in [2.24, 2.45) is 24.8 Å². The van der Waals surface area contributed by atoms with E-state index in [9.17, 15) is 10.1 Å². The van der Waals surface area contributed by atoms with Gasteiger partial charge in [0.05, 0.1) is 0 Å². The summed E-state index contributed by atoms with van der Waals surface area (Å²) in [6, 6.07) is 8.59. The lowest BCUT2D eigenvalue weighted by molar-refractivity contribution is -0.388. The van der Waals surface area contributed by atoms with Crippen LogP contribution in [0.2, 0.25) is 0 Å². The molecule has 1 aromatic carbocycles. The first-order valence-electron chi connectivity index (χ1n) is 9.56. The highest BCUT2D eigenvalue weighted by Gasteiger charge is 2.51. The van der Waals surface area contributed by atoms with Crippen molar-refractivity contribution >= 4 is 17.3 Å². The fraction of sp³-hybridized carbons (Fsp3) is 0.550. The molecule has 4 saturated carbocycles. The van der Waals surface area contributed by atoms with Crippen molar-refractivity contribution in [3.05, 3.63) is 46.3 Å². The van der Waals surface area contributed by atoms with E-state index in [-0.39, 0.29) is 5.82 Å². The molecule has 0 atom stereocenters. The number of benzene rings is 1. The quantitative estimate of drug-likeness (QED) is 0.647. The van der Waals surface area contributed by atoms with E-state index in [0.717, 1.165) is 23.4 Å². The van der Waals surface area contributed by atoms with E-state index in [1.165, 1.54) is 50.4 Å². The third kappa shape index (κ3) is 2.42. The molecule has 6 heteroatoms. The van der Waals surface area contributed by atoms with E-state index < -0.39 is 4.92 Å². The fourth-order valence-electron chi connectivity index (χ4n) is 6.20. The van der Waals surface area contributed by atoms with Crippen molar-refractivity contribution < 1.29 is 4.92 Å². The van der Waals surface area contributed by atoms with E-state index >= 15 is 0 Å². The Balaban J connectivity index is 1.40. The molecule has 0 aliphatic heterocycles. The van der Waals surface area contributed by atoms with Crippen LogP contribution >= 0.6 is 0 Å². The van der Waals surface area contributed by atoms with E-state index in [1.807, 2.05) is 0 Å². The predicted molar refractivity (Wildman–Crippen MR) is 99.4 cm³/mol. The van der Waals surface area contributed by atoms with Gasteiger partial charge in [-0.15, -0.1) is 0 Å². The zero-order valence-electron chi connectivity index (χ0n) is 15.0. The van der Waals surface area contributed by atoms with Gasteiger partial charge >= 0.3 is 5.82 Å². The van der Waals surface area contributed by atoms with Crippen LogP contribution in [0.15, 0.2) is 30.6 Å². The van der Waals surface area contributed by atoms with E-state index in [1.54, 1.807) is 11.6 Å². The molecule has 1 N–H and O–H groups in total. The molecule has 4 aliphatic carbocycles. The van der Waals surface area contributed by atoms with Crippen molar-refractivity contribution in [2.75, 3.05) is 5.32 Å². The smallest absolute Gasteiger partial charge is 0.358 e. The minimum absolute atomic E-state index is 0.141. The first-order chi connectivity index (χ1) is 12.5. The van der Waals surface area contributed by atoms with Gasteiger partial charge in [-0.05, 0) is 89.3 Å². The van der Waals surface area contributed by atoms with Crippen LogP contribution in [0, 0.1) is 27.9 Å². The summed E-state index contributed by atoms with van der Waals surface area (Å²) >= 11 is 0. The summed E-state index contributed by atoms with van der Waals surface area (Å²) < 4.78 is 1.64.